The zero-order valence-corrected chi connectivity index (χ0v) is 13.1. The molecule has 2 N–H and O–H groups in total. The number of benzene rings is 1. The molecule has 0 atom stereocenters. The van der Waals surface area contributed by atoms with Gasteiger partial charge in [0.2, 0.25) is 10.0 Å². The number of aromatic nitrogens is 1. The Balaban J connectivity index is 2.33. The Morgan fingerprint density at radius 3 is 2.67 bits per heavy atom. The Hall–Kier alpha value is -1.47. The van der Waals surface area contributed by atoms with Gasteiger partial charge in [0.05, 0.1) is 5.02 Å². The molecule has 2 aromatic rings. The number of hydrogen-bond acceptors (Lipinski definition) is 4. The van der Waals surface area contributed by atoms with Crippen LogP contribution in [-0.4, -0.2) is 24.8 Å². The van der Waals surface area contributed by atoms with Crippen LogP contribution in [0.2, 0.25) is 5.02 Å². The number of sulfonamides is 1. The first kappa shape index (κ1) is 15.9. The fraction of sp³-hybridized carbons (Fsp3) is 0.214. The van der Waals surface area contributed by atoms with E-state index in [9.17, 15) is 8.42 Å². The summed E-state index contributed by atoms with van der Waals surface area (Å²) in [5.74, 6) is 0. The van der Waals surface area contributed by atoms with E-state index in [0.717, 1.165) is 5.56 Å². The second kappa shape index (κ2) is 6.53. The number of pyridine rings is 1. The quantitative estimate of drug-likeness (QED) is 0.912. The molecular formula is C14H16ClN3O2S. The second-order valence-corrected chi connectivity index (χ2v) is 7.01. The number of hydrogen-bond donors (Lipinski definition) is 1. The van der Waals surface area contributed by atoms with Crippen LogP contribution < -0.4 is 5.73 Å². The van der Waals surface area contributed by atoms with Crippen molar-refractivity contribution in [3.63, 3.8) is 0 Å². The van der Waals surface area contributed by atoms with E-state index in [2.05, 4.69) is 4.98 Å². The topological polar surface area (TPSA) is 76.3 Å². The van der Waals surface area contributed by atoms with Crippen LogP contribution in [0.25, 0.3) is 0 Å². The van der Waals surface area contributed by atoms with Crippen molar-refractivity contribution in [3.8, 4) is 0 Å². The van der Waals surface area contributed by atoms with Gasteiger partial charge in [0, 0.05) is 32.5 Å². The van der Waals surface area contributed by atoms with Gasteiger partial charge < -0.3 is 5.73 Å². The fourth-order valence-corrected chi connectivity index (χ4v) is 3.55. The van der Waals surface area contributed by atoms with Crippen molar-refractivity contribution in [1.29, 1.82) is 0 Å². The molecule has 0 fully saturated rings. The third-order valence-corrected chi connectivity index (χ3v) is 5.33. The van der Waals surface area contributed by atoms with Gasteiger partial charge in [0.15, 0.2) is 0 Å². The van der Waals surface area contributed by atoms with Crippen molar-refractivity contribution in [2.24, 2.45) is 5.73 Å². The summed E-state index contributed by atoms with van der Waals surface area (Å²) in [7, 11) is -2.17. The molecule has 0 radical (unpaired) electrons. The third kappa shape index (κ3) is 3.59. The summed E-state index contributed by atoms with van der Waals surface area (Å²) >= 11 is 6.03. The predicted octanol–water partition coefficient (Wildman–Crippen LogP) is 2.01. The van der Waals surface area contributed by atoms with Crippen LogP contribution >= 0.6 is 11.6 Å². The molecule has 0 spiro atoms. The van der Waals surface area contributed by atoms with E-state index in [1.165, 1.54) is 17.4 Å². The first-order valence-corrected chi connectivity index (χ1v) is 8.10. The zero-order valence-electron chi connectivity index (χ0n) is 11.5. The summed E-state index contributed by atoms with van der Waals surface area (Å²) in [6, 6.07) is 8.35. The van der Waals surface area contributed by atoms with Gasteiger partial charge in [-0.2, -0.15) is 4.31 Å². The largest absolute Gasteiger partial charge is 0.326 e. The molecule has 0 bridgehead atoms. The SMILES string of the molecule is CN(Cc1cccnc1)S(=O)(=O)c1cc(CN)ccc1Cl. The lowest BCUT2D eigenvalue weighted by molar-refractivity contribution is 0.466. The molecule has 5 nitrogen and oxygen atoms in total. The monoisotopic (exact) mass is 325 g/mol. The van der Waals surface area contributed by atoms with Crippen molar-refractivity contribution >= 4 is 21.6 Å². The highest BCUT2D eigenvalue weighted by Gasteiger charge is 2.24. The lowest BCUT2D eigenvalue weighted by Crippen LogP contribution is -2.27. The number of halogens is 1. The van der Waals surface area contributed by atoms with Gasteiger partial charge in [-0.15, -0.1) is 0 Å². The van der Waals surface area contributed by atoms with Gasteiger partial charge in [-0.1, -0.05) is 23.7 Å². The van der Waals surface area contributed by atoms with Gasteiger partial charge in [-0.3, -0.25) is 4.98 Å². The molecule has 0 aliphatic heterocycles. The number of nitrogens with zero attached hydrogens (tertiary/aromatic N) is 2. The summed E-state index contributed by atoms with van der Waals surface area (Å²) in [5, 5.41) is 0.185. The molecule has 112 valence electrons. The van der Waals surface area contributed by atoms with Crippen LogP contribution in [0.1, 0.15) is 11.1 Å². The maximum Gasteiger partial charge on any atom is 0.244 e. The summed E-state index contributed by atoms with van der Waals surface area (Å²) in [4.78, 5) is 4.04. The van der Waals surface area contributed by atoms with E-state index in [1.54, 1.807) is 30.6 Å². The molecule has 1 heterocycles. The fourth-order valence-electron chi connectivity index (χ4n) is 1.87. The van der Waals surface area contributed by atoms with Crippen LogP contribution in [0.5, 0.6) is 0 Å². The Bertz CT molecular complexity index is 720. The molecule has 7 heteroatoms. The smallest absolute Gasteiger partial charge is 0.244 e. The van der Waals surface area contributed by atoms with Gasteiger partial charge >= 0.3 is 0 Å². The van der Waals surface area contributed by atoms with E-state index in [1.807, 2.05) is 6.07 Å². The summed E-state index contributed by atoms with van der Waals surface area (Å²) < 4.78 is 26.5. The van der Waals surface area contributed by atoms with Crippen LogP contribution in [0.3, 0.4) is 0 Å². The van der Waals surface area contributed by atoms with E-state index in [4.69, 9.17) is 17.3 Å². The maximum absolute atomic E-state index is 12.6. The molecular weight excluding hydrogens is 310 g/mol. The van der Waals surface area contributed by atoms with Crippen LogP contribution in [-0.2, 0) is 23.1 Å². The average molecular weight is 326 g/mol. The number of rotatable bonds is 5. The number of nitrogens with two attached hydrogens (primary N) is 1. The molecule has 0 amide bonds. The van der Waals surface area contributed by atoms with Crippen molar-refractivity contribution in [2.45, 2.75) is 18.0 Å². The van der Waals surface area contributed by atoms with Gasteiger partial charge in [0.25, 0.3) is 0 Å². The van der Waals surface area contributed by atoms with E-state index >= 15 is 0 Å². The minimum Gasteiger partial charge on any atom is -0.326 e. The van der Waals surface area contributed by atoms with Crippen molar-refractivity contribution < 1.29 is 8.42 Å². The molecule has 0 saturated carbocycles. The first-order chi connectivity index (χ1) is 9.95. The van der Waals surface area contributed by atoms with E-state index < -0.39 is 10.0 Å². The van der Waals surface area contributed by atoms with E-state index in [-0.39, 0.29) is 23.0 Å². The minimum atomic E-state index is -3.68. The lowest BCUT2D eigenvalue weighted by atomic mass is 10.2. The molecule has 21 heavy (non-hydrogen) atoms. The molecule has 2 rings (SSSR count). The minimum absolute atomic E-state index is 0.0681. The summed E-state index contributed by atoms with van der Waals surface area (Å²) in [6.45, 7) is 0.478. The third-order valence-electron chi connectivity index (χ3n) is 3.05. The Labute approximate surface area is 129 Å². The standard InChI is InChI=1S/C14H16ClN3O2S/c1-18(10-12-3-2-6-17-9-12)21(19,20)14-7-11(8-16)4-5-13(14)15/h2-7,9H,8,10,16H2,1H3. The molecule has 0 aliphatic carbocycles. The van der Waals surface area contributed by atoms with E-state index in [0.29, 0.717) is 5.56 Å². The molecule has 0 unspecified atom stereocenters. The highest BCUT2D eigenvalue weighted by molar-refractivity contribution is 7.89. The van der Waals surface area contributed by atoms with Gasteiger partial charge in [-0.25, -0.2) is 8.42 Å². The van der Waals surface area contributed by atoms with Crippen molar-refractivity contribution in [1.82, 2.24) is 9.29 Å². The zero-order chi connectivity index (χ0) is 15.5. The Kier molecular flexibility index (Phi) is 4.95. The maximum atomic E-state index is 12.6. The van der Waals surface area contributed by atoms with Gasteiger partial charge in [-0.05, 0) is 29.3 Å². The first-order valence-electron chi connectivity index (χ1n) is 6.29. The molecule has 0 saturated heterocycles. The lowest BCUT2D eigenvalue weighted by Gasteiger charge is -2.18. The highest BCUT2D eigenvalue weighted by Crippen LogP contribution is 2.26. The summed E-state index contributed by atoms with van der Waals surface area (Å²) in [5.41, 5.74) is 7.07. The van der Waals surface area contributed by atoms with Crippen LogP contribution in [0.4, 0.5) is 0 Å². The highest BCUT2D eigenvalue weighted by atomic mass is 35.5. The Morgan fingerprint density at radius 2 is 2.05 bits per heavy atom. The molecule has 0 aliphatic rings. The average Bonchev–Trinajstić information content (AvgIpc) is 2.48. The predicted molar refractivity (Wildman–Crippen MR) is 82.2 cm³/mol. The van der Waals surface area contributed by atoms with Crippen LogP contribution in [0.15, 0.2) is 47.6 Å². The molecule has 1 aromatic heterocycles. The van der Waals surface area contributed by atoms with Crippen LogP contribution in [0, 0.1) is 0 Å². The molecule has 1 aromatic carbocycles. The summed E-state index contributed by atoms with van der Waals surface area (Å²) in [6.07, 6.45) is 3.27. The normalized spacial score (nSPS) is 11.8. The second-order valence-electron chi connectivity index (χ2n) is 4.59. The van der Waals surface area contributed by atoms with Crippen molar-refractivity contribution in [2.75, 3.05) is 7.05 Å². The van der Waals surface area contributed by atoms with Gasteiger partial charge in [0.1, 0.15) is 4.90 Å². The Morgan fingerprint density at radius 1 is 1.29 bits per heavy atom. The van der Waals surface area contributed by atoms with Crippen molar-refractivity contribution in [3.05, 3.63) is 58.9 Å².